The van der Waals surface area contributed by atoms with Gasteiger partial charge in [-0.25, -0.2) is 4.79 Å². The number of hydrogen-bond acceptors (Lipinski definition) is 6. The normalized spacial score (nSPS) is 34.6. The summed E-state index contributed by atoms with van der Waals surface area (Å²) in [6.07, 6.45) is 9.27. The van der Waals surface area contributed by atoms with Gasteiger partial charge in [0.1, 0.15) is 0 Å². The van der Waals surface area contributed by atoms with Crippen molar-refractivity contribution in [2.24, 2.45) is 29.4 Å². The van der Waals surface area contributed by atoms with Crippen molar-refractivity contribution in [2.75, 3.05) is 17.8 Å². The first-order valence-electron chi connectivity index (χ1n) is 9.08. The molecule has 4 aliphatic carbocycles. The number of carbonyl (C=O) groups excluding carboxylic acids is 1. The Bertz CT molecular complexity index is 450. The summed E-state index contributed by atoms with van der Waals surface area (Å²) in [7, 11) is 0. The molecule has 4 rings (SSSR count). The topological polar surface area (TPSA) is 89.6 Å². The summed E-state index contributed by atoms with van der Waals surface area (Å²) in [6, 6.07) is 0. The minimum absolute atomic E-state index is 0.264. The van der Waals surface area contributed by atoms with E-state index in [2.05, 4.69) is 12.6 Å². The van der Waals surface area contributed by atoms with Crippen molar-refractivity contribution >= 4 is 36.3 Å². The predicted molar refractivity (Wildman–Crippen MR) is 104 cm³/mol. The van der Waals surface area contributed by atoms with Gasteiger partial charge in [0.15, 0.2) is 0 Å². The summed E-state index contributed by atoms with van der Waals surface area (Å²) in [4.78, 5) is 21.8. The molecule has 0 spiro atoms. The van der Waals surface area contributed by atoms with Gasteiger partial charge < -0.3 is 15.6 Å². The molecule has 4 fully saturated rings. The summed E-state index contributed by atoms with van der Waals surface area (Å²) in [5.41, 5.74) is 6.62. The molecule has 4 aliphatic rings. The van der Waals surface area contributed by atoms with Crippen LogP contribution in [0.3, 0.4) is 0 Å². The van der Waals surface area contributed by atoms with Crippen molar-refractivity contribution in [2.45, 2.75) is 57.1 Å². The minimum atomic E-state index is -1.11. The summed E-state index contributed by atoms with van der Waals surface area (Å²) >= 11 is 5.25. The zero-order valence-corrected chi connectivity index (χ0v) is 16.9. The first kappa shape index (κ1) is 20.9. The molecule has 0 heterocycles. The van der Waals surface area contributed by atoms with Gasteiger partial charge in [-0.3, -0.25) is 4.79 Å². The molecule has 0 amide bonds. The van der Waals surface area contributed by atoms with E-state index >= 15 is 0 Å². The van der Waals surface area contributed by atoms with Crippen LogP contribution >= 0.6 is 24.4 Å². The monoisotopic (exact) mass is 389 g/mol. The Kier molecular flexibility index (Phi) is 7.52. The van der Waals surface area contributed by atoms with Crippen molar-refractivity contribution < 1.29 is 19.4 Å². The fraction of sp³-hybridized carbons (Fsp3) is 0.889. The van der Waals surface area contributed by atoms with E-state index in [0.29, 0.717) is 11.3 Å². The van der Waals surface area contributed by atoms with E-state index in [-0.39, 0.29) is 11.7 Å². The molecule has 0 aromatic carbocycles. The second-order valence-corrected chi connectivity index (χ2v) is 9.36. The number of thioether (sulfide) groups is 1. The lowest BCUT2D eigenvalue weighted by atomic mass is 9.53. The third-order valence-corrected chi connectivity index (χ3v) is 6.80. The van der Waals surface area contributed by atoms with Crippen molar-refractivity contribution in [1.82, 2.24) is 0 Å². The molecule has 144 valence electrons. The lowest BCUT2D eigenvalue weighted by Gasteiger charge is -2.55. The number of aliphatic carboxylic acids is 1. The van der Waals surface area contributed by atoms with Gasteiger partial charge in [-0.1, -0.05) is 6.92 Å². The average molecular weight is 390 g/mol. The predicted octanol–water partition coefficient (Wildman–Crippen LogP) is 2.83. The maximum atomic E-state index is 11.2. The molecule has 0 radical (unpaired) electrons. The number of carboxylic acid groups (broad SMARTS) is 1. The maximum Gasteiger partial charge on any atom is 0.345 e. The molecule has 3 N–H and O–H groups in total. The average Bonchev–Trinajstić information content (AvgIpc) is 2.51. The number of esters is 1. The summed E-state index contributed by atoms with van der Waals surface area (Å²) in [5, 5.41) is 8.70. The first-order valence-corrected chi connectivity index (χ1v) is 11.1. The zero-order valence-electron chi connectivity index (χ0n) is 15.1. The van der Waals surface area contributed by atoms with Crippen molar-refractivity contribution in [3.8, 4) is 0 Å². The Morgan fingerprint density at radius 3 is 2.04 bits per heavy atom. The molecule has 0 aromatic heterocycles. The molecule has 0 aliphatic heterocycles. The third kappa shape index (κ3) is 5.79. The van der Waals surface area contributed by atoms with Crippen LogP contribution in [0.4, 0.5) is 0 Å². The highest BCUT2D eigenvalue weighted by Gasteiger charge is 2.48. The maximum absolute atomic E-state index is 11.2. The molecule has 4 saturated carbocycles. The smallest absolute Gasteiger partial charge is 0.345 e. The largest absolute Gasteiger partial charge is 0.478 e. The van der Waals surface area contributed by atoms with E-state index in [1.807, 2.05) is 0 Å². The van der Waals surface area contributed by atoms with Crippen LogP contribution in [-0.4, -0.2) is 46.4 Å². The standard InChI is InChI=1S/C10H17N.C8H14O4S2/c11-10-4-7-1-8(5-10)3-9(2-7)6-10;1-5(3-13)8(11)12-6(4-14-2)7(9)10/h7-9H,1-6,11H2;5-6,13H,3-4H2,1-2H3,(H,9,10)/t;5-,6?/m.0/s1. The molecule has 2 atom stereocenters. The molecular formula is C18H31NO4S2. The van der Waals surface area contributed by atoms with Gasteiger partial charge in [-0.2, -0.15) is 24.4 Å². The number of carbonyl (C=O) groups is 2. The number of rotatable bonds is 6. The fourth-order valence-corrected chi connectivity index (χ4v) is 5.48. The highest BCUT2D eigenvalue weighted by atomic mass is 32.2. The number of ether oxygens (including phenoxy) is 1. The molecule has 25 heavy (non-hydrogen) atoms. The third-order valence-electron chi connectivity index (χ3n) is 5.61. The second-order valence-electron chi connectivity index (χ2n) is 8.08. The molecule has 0 saturated heterocycles. The van der Waals surface area contributed by atoms with Gasteiger partial charge in [0.05, 0.1) is 5.92 Å². The second kappa shape index (κ2) is 9.00. The van der Waals surface area contributed by atoms with E-state index in [9.17, 15) is 9.59 Å². The van der Waals surface area contributed by atoms with Crippen molar-refractivity contribution in [3.05, 3.63) is 0 Å². The molecule has 7 heteroatoms. The number of nitrogens with two attached hydrogens (primary N) is 1. The number of thiol groups is 1. The quantitative estimate of drug-likeness (QED) is 0.478. The first-order chi connectivity index (χ1) is 11.8. The Hall–Kier alpha value is -0.400. The Morgan fingerprint density at radius 1 is 1.24 bits per heavy atom. The van der Waals surface area contributed by atoms with Gasteiger partial charge in [0.25, 0.3) is 0 Å². The summed E-state index contributed by atoms with van der Waals surface area (Å²) in [5.74, 6) is 1.68. The van der Waals surface area contributed by atoms with Crippen LogP contribution in [0.15, 0.2) is 0 Å². The van der Waals surface area contributed by atoms with Crippen LogP contribution in [0.1, 0.15) is 45.4 Å². The minimum Gasteiger partial charge on any atom is -0.478 e. The van der Waals surface area contributed by atoms with Gasteiger partial charge in [-0.15, -0.1) is 0 Å². The lowest BCUT2D eigenvalue weighted by Crippen LogP contribution is -2.55. The number of hydrogen-bond donors (Lipinski definition) is 3. The molecule has 0 aromatic rings. The Balaban J connectivity index is 0.000000183. The molecular weight excluding hydrogens is 358 g/mol. The summed E-state index contributed by atoms with van der Waals surface area (Å²) in [6.45, 7) is 1.65. The van der Waals surface area contributed by atoms with Crippen LogP contribution < -0.4 is 5.73 Å². The lowest BCUT2D eigenvalue weighted by molar-refractivity contribution is -0.164. The zero-order chi connectivity index (χ0) is 18.6. The van der Waals surface area contributed by atoms with Crippen LogP contribution in [0, 0.1) is 23.7 Å². The van der Waals surface area contributed by atoms with Crippen LogP contribution in [0.5, 0.6) is 0 Å². The van der Waals surface area contributed by atoms with E-state index in [4.69, 9.17) is 15.6 Å². The van der Waals surface area contributed by atoms with E-state index in [1.165, 1.54) is 50.3 Å². The van der Waals surface area contributed by atoms with E-state index < -0.39 is 18.0 Å². The molecule has 5 nitrogen and oxygen atoms in total. The van der Waals surface area contributed by atoms with E-state index in [1.54, 1.807) is 13.2 Å². The van der Waals surface area contributed by atoms with Crippen LogP contribution in [0.25, 0.3) is 0 Å². The Morgan fingerprint density at radius 2 is 1.72 bits per heavy atom. The van der Waals surface area contributed by atoms with Gasteiger partial charge in [0.2, 0.25) is 6.10 Å². The van der Waals surface area contributed by atoms with Crippen LogP contribution in [0.2, 0.25) is 0 Å². The van der Waals surface area contributed by atoms with Gasteiger partial charge in [-0.05, 0) is 62.5 Å². The summed E-state index contributed by atoms with van der Waals surface area (Å²) < 4.78 is 4.80. The van der Waals surface area contributed by atoms with Crippen molar-refractivity contribution in [3.63, 3.8) is 0 Å². The highest BCUT2D eigenvalue weighted by molar-refractivity contribution is 7.98. The van der Waals surface area contributed by atoms with Crippen molar-refractivity contribution in [1.29, 1.82) is 0 Å². The fourth-order valence-electron chi connectivity index (χ4n) is 4.82. The van der Waals surface area contributed by atoms with Gasteiger partial charge >= 0.3 is 11.9 Å². The van der Waals surface area contributed by atoms with Gasteiger partial charge in [0, 0.05) is 17.0 Å². The molecule has 1 unspecified atom stereocenters. The Labute approximate surface area is 160 Å². The number of carboxylic acids is 1. The van der Waals surface area contributed by atoms with E-state index in [0.717, 1.165) is 17.8 Å². The van der Waals surface area contributed by atoms with Crippen LogP contribution in [-0.2, 0) is 14.3 Å². The highest BCUT2D eigenvalue weighted by Crippen LogP contribution is 2.54. The SMILES string of the molecule is CSCC(OC(=O)[C@@H](C)CS)C(=O)O.NC12CC3CC(CC(C3)C1)C2. The molecule has 4 bridgehead atoms.